The number of nitrogens with one attached hydrogen (secondary N) is 2. The molecule has 1 amide bonds. The Hall–Kier alpha value is -3.64. The minimum Gasteiger partial charge on any atom is -0.444 e. The molecule has 4 aromatic rings. The number of imidazole rings is 1. The van der Waals surface area contributed by atoms with Crippen LogP contribution in [0.25, 0.3) is 22.1 Å². The molecule has 0 radical (unpaired) electrons. The number of H-pyrrole nitrogens is 1. The van der Waals surface area contributed by atoms with Gasteiger partial charge in [-0.05, 0) is 51.8 Å². The quantitative estimate of drug-likeness (QED) is 0.322. The number of fused-ring (bicyclic) bond motifs is 3. The molecule has 5 rings (SSSR count). The van der Waals surface area contributed by atoms with Crippen molar-refractivity contribution < 1.29 is 22.7 Å². The lowest BCUT2D eigenvalue weighted by atomic mass is 10.0. The Morgan fingerprint density at radius 2 is 1.85 bits per heavy atom. The first-order chi connectivity index (χ1) is 18.6. The first kappa shape index (κ1) is 26.9. The number of aromatic nitrogens is 4. The molecular formula is C27H34N6O5S. The van der Waals surface area contributed by atoms with E-state index < -0.39 is 15.4 Å². The highest BCUT2D eigenvalue weighted by atomic mass is 32.2. The van der Waals surface area contributed by atoms with Crippen molar-refractivity contribution in [3.05, 3.63) is 42.6 Å². The van der Waals surface area contributed by atoms with Gasteiger partial charge in [-0.25, -0.2) is 23.2 Å². The number of ether oxygens (including phenoxy) is 2. The number of benzene rings is 1. The number of hydrogen-bond donors (Lipinski definition) is 2. The Bertz CT molecular complexity index is 1580. The van der Waals surface area contributed by atoms with Gasteiger partial charge < -0.3 is 29.2 Å². The number of carbonyl (C=O) groups is 1. The molecule has 2 N–H and O–H groups in total. The third kappa shape index (κ3) is 5.30. The van der Waals surface area contributed by atoms with E-state index in [1.807, 2.05) is 26.8 Å². The van der Waals surface area contributed by atoms with Crippen molar-refractivity contribution in [1.29, 1.82) is 0 Å². The number of amides is 1. The van der Waals surface area contributed by atoms with Crippen LogP contribution in [0.5, 0.6) is 0 Å². The Morgan fingerprint density at radius 1 is 1.13 bits per heavy atom. The molecule has 1 fully saturated rings. The third-order valence-corrected chi connectivity index (χ3v) is 8.37. The van der Waals surface area contributed by atoms with Gasteiger partial charge in [-0.2, -0.15) is 0 Å². The normalized spacial score (nSPS) is 15.2. The van der Waals surface area contributed by atoms with E-state index in [4.69, 9.17) is 14.5 Å². The maximum atomic E-state index is 13.8. The zero-order valence-corrected chi connectivity index (χ0v) is 23.4. The lowest BCUT2D eigenvalue weighted by molar-refractivity contribution is 0.0190. The minimum atomic E-state index is -3.96. The number of pyridine rings is 1. The van der Waals surface area contributed by atoms with Crippen molar-refractivity contribution in [1.82, 2.24) is 24.4 Å². The summed E-state index contributed by atoms with van der Waals surface area (Å²) in [5.74, 6) is 0.540. The average Bonchev–Trinajstić information content (AvgIpc) is 3.52. The van der Waals surface area contributed by atoms with E-state index in [1.165, 1.54) is 0 Å². The molecule has 1 aliphatic heterocycles. The summed E-state index contributed by atoms with van der Waals surface area (Å²) in [6.45, 7) is 7.51. The van der Waals surface area contributed by atoms with Gasteiger partial charge in [-0.3, -0.25) is 0 Å². The first-order valence-corrected chi connectivity index (χ1v) is 14.5. The van der Waals surface area contributed by atoms with Gasteiger partial charge in [0, 0.05) is 44.4 Å². The monoisotopic (exact) mass is 554 g/mol. The number of carbonyl (C=O) groups excluding carboxylic acids is 1. The Kier molecular flexibility index (Phi) is 7.25. The largest absolute Gasteiger partial charge is 0.444 e. The van der Waals surface area contributed by atoms with E-state index >= 15 is 0 Å². The van der Waals surface area contributed by atoms with Gasteiger partial charge in [0.1, 0.15) is 16.8 Å². The zero-order chi connectivity index (χ0) is 27.8. The van der Waals surface area contributed by atoms with Gasteiger partial charge in [0.25, 0.3) is 0 Å². The summed E-state index contributed by atoms with van der Waals surface area (Å²) >= 11 is 0. The van der Waals surface area contributed by atoms with E-state index in [-0.39, 0.29) is 22.1 Å². The highest BCUT2D eigenvalue weighted by Crippen LogP contribution is 2.38. The van der Waals surface area contributed by atoms with Crippen molar-refractivity contribution in [3.63, 3.8) is 0 Å². The van der Waals surface area contributed by atoms with Crippen LogP contribution in [0.2, 0.25) is 0 Å². The van der Waals surface area contributed by atoms with E-state index in [0.717, 1.165) is 5.39 Å². The fraction of sp³-hybridized carbons (Fsp3) is 0.444. The molecular weight excluding hydrogens is 520 g/mol. The van der Waals surface area contributed by atoms with Crippen LogP contribution in [-0.2, 0) is 19.3 Å². The van der Waals surface area contributed by atoms with Gasteiger partial charge in [-0.15, -0.1) is 0 Å². The lowest BCUT2D eigenvalue weighted by Crippen LogP contribution is -2.42. The topological polar surface area (TPSA) is 131 Å². The van der Waals surface area contributed by atoms with Crippen molar-refractivity contribution in [2.75, 3.05) is 38.7 Å². The summed E-state index contributed by atoms with van der Waals surface area (Å²) in [4.78, 5) is 27.0. The van der Waals surface area contributed by atoms with Gasteiger partial charge in [0.2, 0.25) is 15.8 Å². The van der Waals surface area contributed by atoms with Gasteiger partial charge >= 0.3 is 6.09 Å². The Labute approximate surface area is 227 Å². The SMILES string of the molecule is COCCNc1nc2c(S(=O)(=O)c3ccccc3)nc3[nH]ccc3c2n1C1CCN(C(=O)OC(C)(C)C)CC1. The van der Waals surface area contributed by atoms with Crippen LogP contribution >= 0.6 is 0 Å². The summed E-state index contributed by atoms with van der Waals surface area (Å²) in [5, 5.41) is 4.01. The number of hydrogen-bond acceptors (Lipinski definition) is 8. The summed E-state index contributed by atoms with van der Waals surface area (Å²) in [5.41, 5.74) is 0.889. The second kappa shape index (κ2) is 10.5. The smallest absolute Gasteiger partial charge is 0.410 e. The molecule has 1 aliphatic rings. The van der Waals surface area contributed by atoms with Gasteiger partial charge in [0.15, 0.2) is 5.03 Å². The highest BCUT2D eigenvalue weighted by Gasteiger charge is 2.33. The summed E-state index contributed by atoms with van der Waals surface area (Å²) in [6, 6.07) is 10.1. The maximum absolute atomic E-state index is 13.8. The van der Waals surface area contributed by atoms with Crippen molar-refractivity contribution in [3.8, 4) is 0 Å². The molecule has 208 valence electrons. The van der Waals surface area contributed by atoms with Crippen LogP contribution < -0.4 is 5.32 Å². The molecule has 12 heteroatoms. The van der Waals surface area contributed by atoms with E-state index in [0.29, 0.717) is 61.7 Å². The van der Waals surface area contributed by atoms with Crippen LogP contribution in [0, 0.1) is 0 Å². The highest BCUT2D eigenvalue weighted by molar-refractivity contribution is 7.91. The number of piperidine rings is 1. The standard InChI is InChI=1S/C27H34N6O5S/c1-27(2,3)38-26(34)32-15-11-18(12-16-32)33-22-20-10-13-28-23(20)31-24(21(22)30-25(33)29-14-17-37-4)39(35,36)19-8-6-5-7-9-19/h5-10,13,18H,11-12,14-17H2,1-4H3,(H,28,31)(H,29,30). The third-order valence-electron chi connectivity index (χ3n) is 6.69. The molecule has 0 bridgehead atoms. The molecule has 0 atom stereocenters. The fourth-order valence-electron chi connectivity index (χ4n) is 4.91. The Balaban J connectivity index is 1.61. The molecule has 3 aromatic heterocycles. The summed E-state index contributed by atoms with van der Waals surface area (Å²) in [6.07, 6.45) is 2.72. The molecule has 11 nitrogen and oxygen atoms in total. The zero-order valence-electron chi connectivity index (χ0n) is 22.6. The second-order valence-corrected chi connectivity index (χ2v) is 12.5. The number of sulfone groups is 1. The van der Waals surface area contributed by atoms with Crippen molar-refractivity contribution in [2.24, 2.45) is 0 Å². The summed E-state index contributed by atoms with van der Waals surface area (Å²) < 4.78 is 40.4. The van der Waals surface area contributed by atoms with Crippen molar-refractivity contribution >= 4 is 43.9 Å². The number of likely N-dealkylation sites (tertiary alicyclic amines) is 1. The molecule has 0 aliphatic carbocycles. The van der Waals surface area contributed by atoms with Gasteiger partial charge in [0.05, 0.1) is 17.0 Å². The van der Waals surface area contributed by atoms with E-state index in [9.17, 15) is 13.2 Å². The van der Waals surface area contributed by atoms with Crippen LogP contribution in [0.15, 0.2) is 52.5 Å². The molecule has 0 spiro atoms. The number of aromatic amines is 1. The van der Waals surface area contributed by atoms with Crippen LogP contribution in [-0.4, -0.2) is 77.9 Å². The first-order valence-electron chi connectivity index (χ1n) is 13.0. The van der Waals surface area contributed by atoms with Crippen LogP contribution in [0.4, 0.5) is 10.7 Å². The molecule has 1 saturated heterocycles. The van der Waals surface area contributed by atoms with E-state index in [1.54, 1.807) is 48.5 Å². The average molecular weight is 555 g/mol. The molecule has 0 saturated carbocycles. The predicted molar refractivity (Wildman–Crippen MR) is 148 cm³/mol. The number of nitrogens with zero attached hydrogens (tertiary/aromatic N) is 4. The molecule has 1 aromatic carbocycles. The molecule has 0 unspecified atom stereocenters. The minimum absolute atomic E-state index is 0.0356. The molecule has 39 heavy (non-hydrogen) atoms. The lowest BCUT2D eigenvalue weighted by Gasteiger charge is -2.34. The van der Waals surface area contributed by atoms with E-state index in [2.05, 4.69) is 19.9 Å². The summed E-state index contributed by atoms with van der Waals surface area (Å²) in [7, 11) is -2.34. The van der Waals surface area contributed by atoms with Gasteiger partial charge in [-0.1, -0.05) is 18.2 Å². The number of rotatable bonds is 7. The Morgan fingerprint density at radius 3 is 2.51 bits per heavy atom. The number of anilines is 1. The number of methoxy groups -OCH3 is 1. The maximum Gasteiger partial charge on any atom is 0.410 e. The molecule has 4 heterocycles. The fourth-order valence-corrected chi connectivity index (χ4v) is 6.26. The predicted octanol–water partition coefficient (Wildman–Crippen LogP) is 4.38. The van der Waals surface area contributed by atoms with Crippen LogP contribution in [0.1, 0.15) is 39.7 Å². The second-order valence-electron chi connectivity index (χ2n) is 10.6. The van der Waals surface area contributed by atoms with Crippen LogP contribution in [0.3, 0.4) is 0 Å². The van der Waals surface area contributed by atoms with Crippen molar-refractivity contribution in [2.45, 2.75) is 55.2 Å².